The zero-order chi connectivity index (χ0) is 31.3. The molecule has 45 heavy (non-hydrogen) atoms. The smallest absolute Gasteiger partial charge is 0.143 e. The van der Waals surface area contributed by atoms with Gasteiger partial charge in [0, 0.05) is 16.3 Å². The molecular formula is C36H14B8O. The highest BCUT2D eigenvalue weighted by molar-refractivity contribution is 6.71. The minimum atomic E-state index is 0.163. The van der Waals surface area contributed by atoms with E-state index in [4.69, 9.17) is 67.2 Å². The molecule has 1 aromatic heterocycles. The van der Waals surface area contributed by atoms with Gasteiger partial charge >= 0.3 is 0 Å². The summed E-state index contributed by atoms with van der Waals surface area (Å²) in [6, 6.07) is 27.8. The van der Waals surface area contributed by atoms with Crippen LogP contribution in [-0.2, 0) is 0 Å². The Morgan fingerprint density at radius 3 is 1.38 bits per heavy atom. The Labute approximate surface area is 271 Å². The molecule has 0 saturated heterocycles. The molecule has 9 heteroatoms. The highest BCUT2D eigenvalue weighted by Gasteiger charge is 2.26. The zero-order valence-electron chi connectivity index (χ0n) is 24.1. The standard InChI is InChI=1S/C36H14B8O/c37-28-24-22(18-11-5-8-15-7-1-2-9-16(15)18)25-27(31(40)35(44)33(42)29(25)38)23(26(24)30(39)34(43)32(28)41)20-13-6-12-19-17-10-3-4-14-21(17)45-36(19)20/h1-14H. The van der Waals surface area contributed by atoms with Crippen molar-refractivity contribution < 1.29 is 4.42 Å². The molecule has 0 atom stereocenters. The second-order valence-corrected chi connectivity index (χ2v) is 11.4. The number of furan rings is 1. The van der Waals surface area contributed by atoms with Gasteiger partial charge in [0.2, 0.25) is 0 Å². The van der Waals surface area contributed by atoms with Crippen LogP contribution in [0.15, 0.2) is 89.3 Å². The maximum atomic E-state index is 6.93. The van der Waals surface area contributed by atoms with Gasteiger partial charge in [-0.25, -0.2) is 0 Å². The van der Waals surface area contributed by atoms with Crippen LogP contribution in [-0.4, -0.2) is 62.8 Å². The number of para-hydroxylation sites is 2. The maximum absolute atomic E-state index is 6.93. The van der Waals surface area contributed by atoms with Crippen LogP contribution in [0.5, 0.6) is 0 Å². The normalized spacial score (nSPS) is 11.8. The minimum absolute atomic E-state index is 0.163. The molecule has 0 aliphatic heterocycles. The molecular weight excluding hydrogens is 535 g/mol. The fourth-order valence-electron chi connectivity index (χ4n) is 6.87. The van der Waals surface area contributed by atoms with Gasteiger partial charge in [0.05, 0.1) is 0 Å². The highest BCUT2D eigenvalue weighted by Crippen LogP contribution is 2.45. The third kappa shape index (κ3) is 3.80. The first-order valence-corrected chi connectivity index (χ1v) is 14.4. The first-order chi connectivity index (χ1) is 21.7. The quantitative estimate of drug-likeness (QED) is 0.229. The summed E-state index contributed by atoms with van der Waals surface area (Å²) >= 11 is 0. The molecule has 1 nitrogen and oxygen atoms in total. The lowest BCUT2D eigenvalue weighted by Crippen LogP contribution is -2.50. The Morgan fingerprint density at radius 2 is 0.778 bits per heavy atom. The predicted molar refractivity (Wildman–Crippen MR) is 200 cm³/mol. The van der Waals surface area contributed by atoms with E-state index in [1.54, 1.807) is 0 Å². The first kappa shape index (κ1) is 28.1. The lowest BCUT2D eigenvalue weighted by Gasteiger charge is -2.29. The van der Waals surface area contributed by atoms with Crippen molar-refractivity contribution in [1.29, 1.82) is 0 Å². The Balaban J connectivity index is 1.74. The molecule has 8 aromatic rings. The first-order valence-electron chi connectivity index (χ1n) is 14.4. The molecule has 0 aliphatic rings. The molecule has 0 fully saturated rings. The van der Waals surface area contributed by atoms with Crippen LogP contribution in [0.4, 0.5) is 0 Å². The molecule has 16 radical (unpaired) electrons. The van der Waals surface area contributed by atoms with Crippen LogP contribution in [0.3, 0.4) is 0 Å². The summed E-state index contributed by atoms with van der Waals surface area (Å²) in [5.74, 6) is 0. The van der Waals surface area contributed by atoms with Crippen molar-refractivity contribution in [2.24, 2.45) is 0 Å². The van der Waals surface area contributed by atoms with Crippen molar-refractivity contribution in [3.05, 3.63) is 84.9 Å². The van der Waals surface area contributed by atoms with Gasteiger partial charge in [-0.15, -0.1) is 21.9 Å². The Hall–Kier alpha value is -4.36. The third-order valence-corrected chi connectivity index (χ3v) is 9.05. The average Bonchev–Trinajstić information content (AvgIpc) is 3.45. The van der Waals surface area contributed by atoms with Crippen LogP contribution in [0.2, 0.25) is 0 Å². The number of hydrogen-bond donors (Lipinski definition) is 0. The number of hydrogen-bond acceptors (Lipinski definition) is 1. The van der Waals surface area contributed by atoms with Crippen molar-refractivity contribution in [3.63, 3.8) is 0 Å². The van der Waals surface area contributed by atoms with Crippen molar-refractivity contribution in [1.82, 2.24) is 0 Å². The van der Waals surface area contributed by atoms with E-state index in [0.717, 1.165) is 32.7 Å². The SMILES string of the molecule is [B]c1c([B])c([B])c2c(-c3cccc4c3oc3ccccc34)c3c([B])c([B])c([B])c([B])c3c(-c3cccc4ccccc34)c2c1[B]. The summed E-state index contributed by atoms with van der Waals surface area (Å²) < 4.78 is 6.50. The van der Waals surface area contributed by atoms with Gasteiger partial charge in [-0.3, -0.25) is 0 Å². The Bertz CT molecular complexity index is 2500. The summed E-state index contributed by atoms with van der Waals surface area (Å²) in [5.41, 5.74) is 5.85. The van der Waals surface area contributed by atoms with E-state index in [9.17, 15) is 0 Å². The summed E-state index contributed by atoms with van der Waals surface area (Å²) in [4.78, 5) is 0. The fourth-order valence-corrected chi connectivity index (χ4v) is 6.87. The van der Waals surface area contributed by atoms with Crippen LogP contribution >= 0.6 is 0 Å². The van der Waals surface area contributed by atoms with Crippen LogP contribution in [0.1, 0.15) is 0 Å². The summed E-state index contributed by atoms with van der Waals surface area (Å²) in [6.07, 6.45) is 0. The van der Waals surface area contributed by atoms with Crippen molar-refractivity contribution >= 4 is 161 Å². The molecule has 0 saturated carbocycles. The molecule has 0 unspecified atom stereocenters. The fraction of sp³-hybridized carbons (Fsp3) is 0. The predicted octanol–water partition coefficient (Wildman–Crippen LogP) is 0.730. The van der Waals surface area contributed by atoms with Crippen molar-refractivity contribution in [3.8, 4) is 22.3 Å². The van der Waals surface area contributed by atoms with Gasteiger partial charge in [-0.2, -0.15) is 0 Å². The monoisotopic (exact) mass is 550 g/mol. The van der Waals surface area contributed by atoms with Crippen molar-refractivity contribution in [2.45, 2.75) is 0 Å². The van der Waals surface area contributed by atoms with E-state index < -0.39 is 0 Å². The average molecular weight is 549 g/mol. The Kier molecular flexibility index (Phi) is 6.30. The maximum Gasteiger partial charge on any atom is 0.143 e. The Morgan fingerprint density at radius 1 is 0.356 bits per heavy atom. The zero-order valence-corrected chi connectivity index (χ0v) is 24.1. The van der Waals surface area contributed by atoms with E-state index in [1.165, 1.54) is 0 Å². The second kappa shape index (κ2) is 10.1. The third-order valence-electron chi connectivity index (χ3n) is 9.05. The van der Waals surface area contributed by atoms with E-state index in [0.29, 0.717) is 43.8 Å². The molecule has 0 amide bonds. The van der Waals surface area contributed by atoms with Gasteiger partial charge in [0.1, 0.15) is 73.9 Å². The molecule has 0 bridgehead atoms. The summed E-state index contributed by atoms with van der Waals surface area (Å²) in [7, 11) is 54.0. The van der Waals surface area contributed by atoms with Crippen LogP contribution in [0.25, 0.3) is 76.5 Å². The number of benzene rings is 7. The largest absolute Gasteiger partial charge is 0.455 e. The van der Waals surface area contributed by atoms with Crippen molar-refractivity contribution in [2.75, 3.05) is 0 Å². The minimum Gasteiger partial charge on any atom is -0.455 e. The number of rotatable bonds is 2. The molecule has 0 spiro atoms. The van der Waals surface area contributed by atoms with Gasteiger partial charge in [0.25, 0.3) is 0 Å². The van der Waals surface area contributed by atoms with Gasteiger partial charge in [-0.05, 0) is 55.1 Å². The highest BCUT2D eigenvalue weighted by atomic mass is 16.3. The van der Waals surface area contributed by atoms with Gasteiger partial charge in [0.15, 0.2) is 0 Å². The van der Waals surface area contributed by atoms with E-state index in [2.05, 4.69) is 0 Å². The lowest BCUT2D eigenvalue weighted by molar-refractivity contribution is 0.670. The topological polar surface area (TPSA) is 13.1 Å². The van der Waals surface area contributed by atoms with Gasteiger partial charge < -0.3 is 4.42 Å². The molecule has 0 aliphatic carbocycles. The van der Waals surface area contributed by atoms with E-state index >= 15 is 0 Å². The molecule has 7 aromatic carbocycles. The van der Waals surface area contributed by atoms with Crippen LogP contribution in [0, 0.1) is 0 Å². The molecule has 0 N–H and O–H groups in total. The molecule has 188 valence electrons. The second-order valence-electron chi connectivity index (χ2n) is 11.4. The van der Waals surface area contributed by atoms with Crippen LogP contribution < -0.4 is 43.7 Å². The van der Waals surface area contributed by atoms with Gasteiger partial charge in [-0.1, -0.05) is 101 Å². The summed E-state index contributed by atoms with van der Waals surface area (Å²) in [5, 5.41) is 6.09. The number of fused-ring (bicyclic) bond motifs is 6. The lowest BCUT2D eigenvalue weighted by atomic mass is 9.59. The molecule has 1 heterocycles. The van der Waals surface area contributed by atoms with E-state index in [-0.39, 0.29) is 43.7 Å². The molecule has 8 rings (SSSR count). The van der Waals surface area contributed by atoms with E-state index in [1.807, 2.05) is 84.9 Å². The summed E-state index contributed by atoms with van der Waals surface area (Å²) in [6.45, 7) is 0.